The van der Waals surface area contributed by atoms with Crippen molar-refractivity contribution in [3.63, 3.8) is 0 Å². The van der Waals surface area contributed by atoms with Crippen LogP contribution in [0.25, 0.3) is 0 Å². The lowest BCUT2D eigenvalue weighted by Crippen LogP contribution is -2.47. The van der Waals surface area contributed by atoms with E-state index < -0.39 is 5.97 Å². The first kappa shape index (κ1) is 16.9. The number of aryl methyl sites for hydroxylation is 2. The van der Waals surface area contributed by atoms with Gasteiger partial charge in [0, 0.05) is 24.5 Å². The largest absolute Gasteiger partial charge is 0.481 e. The maximum atomic E-state index is 12.4. The summed E-state index contributed by atoms with van der Waals surface area (Å²) in [6.07, 6.45) is 2.24. The number of hydrogen-bond donors (Lipinski definition) is 1. The van der Waals surface area contributed by atoms with Gasteiger partial charge in [-0.3, -0.25) is 9.59 Å². The first-order valence-electron chi connectivity index (χ1n) is 7.71. The molecule has 2 rings (SSSR count). The molecule has 0 saturated carbocycles. The van der Waals surface area contributed by atoms with Gasteiger partial charge >= 0.3 is 5.97 Å². The fourth-order valence-corrected chi connectivity index (χ4v) is 3.76. The van der Waals surface area contributed by atoms with Crippen LogP contribution < -0.4 is 0 Å². The van der Waals surface area contributed by atoms with E-state index in [4.69, 9.17) is 5.11 Å². The van der Waals surface area contributed by atoms with E-state index in [9.17, 15) is 9.59 Å². The molecule has 0 aromatic heterocycles. The van der Waals surface area contributed by atoms with E-state index >= 15 is 0 Å². The van der Waals surface area contributed by atoms with Crippen LogP contribution in [0.2, 0.25) is 0 Å². The Hall–Kier alpha value is -1.49. The van der Waals surface area contributed by atoms with Gasteiger partial charge in [-0.05, 0) is 25.3 Å². The van der Waals surface area contributed by atoms with E-state index in [-0.39, 0.29) is 18.4 Å². The van der Waals surface area contributed by atoms with Crippen LogP contribution in [-0.4, -0.2) is 46.0 Å². The highest BCUT2D eigenvalue weighted by molar-refractivity contribution is 7.99. The van der Waals surface area contributed by atoms with Crippen molar-refractivity contribution in [1.29, 1.82) is 0 Å². The average molecular weight is 321 g/mol. The fourth-order valence-electron chi connectivity index (χ4n) is 2.70. The normalized spacial score (nSPS) is 18.2. The topological polar surface area (TPSA) is 57.6 Å². The molecule has 0 bridgehead atoms. The highest BCUT2D eigenvalue weighted by Gasteiger charge is 2.28. The van der Waals surface area contributed by atoms with E-state index in [0.717, 1.165) is 24.3 Å². The van der Waals surface area contributed by atoms with Crippen molar-refractivity contribution in [3.8, 4) is 0 Å². The Labute approximate surface area is 135 Å². The summed E-state index contributed by atoms with van der Waals surface area (Å²) >= 11 is 1.73. The Bertz CT molecular complexity index is 515. The predicted molar refractivity (Wildman–Crippen MR) is 89.2 cm³/mol. The van der Waals surface area contributed by atoms with Crippen LogP contribution in [0.4, 0.5) is 0 Å². The minimum atomic E-state index is -0.829. The van der Waals surface area contributed by atoms with Gasteiger partial charge in [0.05, 0.1) is 12.5 Å². The summed E-state index contributed by atoms with van der Waals surface area (Å²) in [5, 5.41) is 8.97. The van der Waals surface area contributed by atoms with Gasteiger partial charge in [-0.25, -0.2) is 0 Å². The summed E-state index contributed by atoms with van der Waals surface area (Å²) in [6.45, 7) is 2.73. The van der Waals surface area contributed by atoms with Gasteiger partial charge in [0.25, 0.3) is 0 Å². The molecule has 5 heteroatoms. The van der Waals surface area contributed by atoms with Gasteiger partial charge in [-0.15, -0.1) is 0 Å². The second-order valence-electron chi connectivity index (χ2n) is 5.75. The molecule has 1 N–H and O–H groups in total. The molecule has 0 spiro atoms. The zero-order chi connectivity index (χ0) is 15.9. The van der Waals surface area contributed by atoms with Gasteiger partial charge in [-0.2, -0.15) is 11.8 Å². The first-order chi connectivity index (χ1) is 10.6. The zero-order valence-corrected chi connectivity index (χ0v) is 13.8. The molecular weight excluding hydrogens is 298 g/mol. The third kappa shape index (κ3) is 5.05. The number of rotatable bonds is 6. The van der Waals surface area contributed by atoms with Gasteiger partial charge in [-0.1, -0.05) is 29.8 Å². The number of carboxylic acids is 1. The summed E-state index contributed by atoms with van der Waals surface area (Å²) in [7, 11) is 0. The van der Waals surface area contributed by atoms with E-state index in [2.05, 4.69) is 31.2 Å². The van der Waals surface area contributed by atoms with E-state index in [0.29, 0.717) is 13.0 Å². The van der Waals surface area contributed by atoms with Crippen LogP contribution in [-0.2, 0) is 16.0 Å². The molecule has 120 valence electrons. The van der Waals surface area contributed by atoms with Crippen LogP contribution in [0.3, 0.4) is 0 Å². The lowest BCUT2D eigenvalue weighted by molar-refractivity contribution is -0.140. The highest BCUT2D eigenvalue weighted by Crippen LogP contribution is 2.20. The molecule has 1 saturated heterocycles. The smallest absolute Gasteiger partial charge is 0.305 e. The molecule has 1 amide bonds. The number of hydrogen-bond acceptors (Lipinski definition) is 3. The second kappa shape index (κ2) is 8.22. The number of carbonyl (C=O) groups is 2. The van der Waals surface area contributed by atoms with Gasteiger partial charge in [0.1, 0.15) is 0 Å². The molecule has 1 heterocycles. The molecule has 1 unspecified atom stereocenters. The number of aliphatic carboxylic acids is 1. The molecule has 0 aliphatic carbocycles. The molecule has 0 radical (unpaired) electrons. The molecule has 22 heavy (non-hydrogen) atoms. The van der Waals surface area contributed by atoms with Gasteiger partial charge < -0.3 is 10.0 Å². The molecule has 1 atom stereocenters. The SMILES string of the molecule is Cc1ccc(CCCC(=O)N2CCSCC2CC(=O)O)cc1. The third-order valence-corrected chi connectivity index (χ3v) is 5.03. The number of carboxylic acid groups (broad SMARTS) is 1. The molecular formula is C17H23NO3S. The van der Waals surface area contributed by atoms with Crippen LogP contribution in [0.15, 0.2) is 24.3 Å². The van der Waals surface area contributed by atoms with Gasteiger partial charge in [0.2, 0.25) is 5.91 Å². The Kier molecular flexibility index (Phi) is 6.31. The summed E-state index contributed by atoms with van der Waals surface area (Å²) in [5.41, 5.74) is 2.48. The number of thioether (sulfide) groups is 1. The Morgan fingerprint density at radius 2 is 2.05 bits per heavy atom. The minimum Gasteiger partial charge on any atom is -0.481 e. The number of amides is 1. The van der Waals surface area contributed by atoms with Crippen molar-refractivity contribution in [2.24, 2.45) is 0 Å². The lowest BCUT2D eigenvalue weighted by Gasteiger charge is -2.34. The monoisotopic (exact) mass is 321 g/mol. The molecule has 1 aliphatic rings. The molecule has 1 aromatic carbocycles. The fraction of sp³-hybridized carbons (Fsp3) is 0.529. The van der Waals surface area contributed by atoms with E-state index in [1.807, 2.05) is 0 Å². The van der Waals surface area contributed by atoms with Crippen LogP contribution in [0, 0.1) is 6.92 Å². The summed E-state index contributed by atoms with van der Waals surface area (Å²) in [4.78, 5) is 25.1. The standard InChI is InChI=1S/C17H23NO3S/c1-13-5-7-14(8-6-13)3-2-4-16(19)18-9-10-22-12-15(18)11-17(20)21/h5-8,15H,2-4,9-12H2,1H3,(H,20,21). The highest BCUT2D eigenvalue weighted by atomic mass is 32.2. The van der Waals surface area contributed by atoms with Crippen LogP contribution >= 0.6 is 11.8 Å². The first-order valence-corrected chi connectivity index (χ1v) is 8.86. The van der Waals surface area contributed by atoms with Crippen LogP contribution in [0.1, 0.15) is 30.4 Å². The quantitative estimate of drug-likeness (QED) is 0.875. The van der Waals surface area contributed by atoms with Crippen molar-refractivity contribution in [1.82, 2.24) is 4.90 Å². The van der Waals surface area contributed by atoms with Crippen molar-refractivity contribution >= 4 is 23.6 Å². The number of benzene rings is 1. The number of nitrogens with zero attached hydrogens (tertiary/aromatic N) is 1. The van der Waals surface area contributed by atoms with Crippen molar-refractivity contribution in [2.45, 2.75) is 38.6 Å². The maximum Gasteiger partial charge on any atom is 0.305 e. The Morgan fingerprint density at radius 3 is 2.73 bits per heavy atom. The lowest BCUT2D eigenvalue weighted by atomic mass is 10.1. The van der Waals surface area contributed by atoms with E-state index in [1.165, 1.54) is 11.1 Å². The number of carbonyl (C=O) groups excluding carboxylic acids is 1. The Morgan fingerprint density at radius 1 is 1.32 bits per heavy atom. The van der Waals surface area contributed by atoms with Crippen LogP contribution in [0.5, 0.6) is 0 Å². The second-order valence-corrected chi connectivity index (χ2v) is 6.90. The van der Waals surface area contributed by atoms with Gasteiger partial charge in [0.15, 0.2) is 0 Å². The summed E-state index contributed by atoms with van der Waals surface area (Å²) < 4.78 is 0. The molecule has 1 fully saturated rings. The third-order valence-electron chi connectivity index (χ3n) is 3.93. The van der Waals surface area contributed by atoms with Crippen molar-refractivity contribution in [3.05, 3.63) is 35.4 Å². The minimum absolute atomic E-state index is 0.0523. The van der Waals surface area contributed by atoms with Crippen molar-refractivity contribution < 1.29 is 14.7 Å². The summed E-state index contributed by atoms with van der Waals surface area (Å²) in [6, 6.07) is 8.22. The molecule has 4 nitrogen and oxygen atoms in total. The maximum absolute atomic E-state index is 12.4. The summed E-state index contributed by atoms with van der Waals surface area (Å²) in [5.74, 6) is 0.902. The zero-order valence-electron chi connectivity index (χ0n) is 13.0. The molecule has 1 aliphatic heterocycles. The predicted octanol–water partition coefficient (Wildman–Crippen LogP) is 2.74. The van der Waals surface area contributed by atoms with E-state index in [1.54, 1.807) is 16.7 Å². The average Bonchev–Trinajstić information content (AvgIpc) is 2.49. The molecule has 1 aromatic rings. The van der Waals surface area contributed by atoms with Crippen molar-refractivity contribution in [2.75, 3.05) is 18.1 Å². The Balaban J connectivity index is 1.82.